The van der Waals surface area contributed by atoms with Gasteiger partial charge in [-0.3, -0.25) is 4.79 Å². The van der Waals surface area contributed by atoms with Crippen LogP contribution in [0.2, 0.25) is 0 Å². The summed E-state index contributed by atoms with van der Waals surface area (Å²) in [5.41, 5.74) is 2.57. The number of carbonyl (C=O) groups excluding carboxylic acids is 2. The molecular formula is C35H33N3O6. The number of ether oxygens (including phenoxy) is 2. The van der Waals surface area contributed by atoms with Crippen LogP contribution in [0.15, 0.2) is 88.6 Å². The molecule has 0 fully saturated rings. The van der Waals surface area contributed by atoms with Crippen molar-refractivity contribution in [3.63, 3.8) is 0 Å². The molecule has 44 heavy (non-hydrogen) atoms. The molecule has 1 amide bonds. The third-order valence-corrected chi connectivity index (χ3v) is 8.16. The molecule has 1 N–H and O–H groups in total. The summed E-state index contributed by atoms with van der Waals surface area (Å²) in [5.74, 6) is -0.177. The molecule has 9 nitrogen and oxygen atoms in total. The molecule has 1 unspecified atom stereocenters. The van der Waals surface area contributed by atoms with Gasteiger partial charge in [0, 0.05) is 67.2 Å². The topological polar surface area (TPSA) is 101 Å². The van der Waals surface area contributed by atoms with Crippen LogP contribution < -0.4 is 25.5 Å². The largest absolute Gasteiger partial charge is 0.458 e. The van der Waals surface area contributed by atoms with Gasteiger partial charge in [0.05, 0.1) is 5.56 Å². The summed E-state index contributed by atoms with van der Waals surface area (Å²) in [5, 5.41) is 3.85. The molecule has 0 aliphatic carbocycles. The highest BCUT2D eigenvalue weighted by Crippen LogP contribution is 2.48. The fourth-order valence-corrected chi connectivity index (χ4v) is 5.87. The number of esters is 1. The second-order valence-corrected chi connectivity index (χ2v) is 10.9. The molecule has 0 radical (unpaired) electrons. The summed E-state index contributed by atoms with van der Waals surface area (Å²) in [7, 11) is 3.82. The van der Waals surface area contributed by atoms with Crippen molar-refractivity contribution >= 4 is 40.0 Å². The van der Waals surface area contributed by atoms with Crippen LogP contribution in [0.4, 0.5) is 11.4 Å². The molecule has 3 aromatic carbocycles. The van der Waals surface area contributed by atoms with E-state index in [-0.39, 0.29) is 29.4 Å². The Kier molecular flexibility index (Phi) is 7.25. The van der Waals surface area contributed by atoms with Gasteiger partial charge < -0.3 is 29.0 Å². The molecule has 3 heterocycles. The Balaban J connectivity index is 1.55. The molecule has 6 rings (SSSR count). The number of nitrogens with one attached hydrogen (secondary N) is 1. The van der Waals surface area contributed by atoms with E-state index in [0.29, 0.717) is 28.0 Å². The molecule has 0 bridgehead atoms. The Hall–Kier alpha value is -5.31. The van der Waals surface area contributed by atoms with Gasteiger partial charge in [0.1, 0.15) is 34.8 Å². The third kappa shape index (κ3) is 4.70. The Morgan fingerprint density at radius 3 is 2.45 bits per heavy atom. The van der Waals surface area contributed by atoms with Crippen LogP contribution in [0.5, 0.6) is 5.75 Å². The number of anilines is 2. The van der Waals surface area contributed by atoms with Gasteiger partial charge in [0.2, 0.25) is 0 Å². The second kappa shape index (κ2) is 11.1. The van der Waals surface area contributed by atoms with Crippen LogP contribution in [0.3, 0.4) is 0 Å². The van der Waals surface area contributed by atoms with E-state index in [9.17, 15) is 14.4 Å². The number of rotatable bonds is 8. The average Bonchev–Trinajstić information content (AvgIpc) is 3.30. The van der Waals surface area contributed by atoms with Gasteiger partial charge in [-0.2, -0.15) is 0 Å². The summed E-state index contributed by atoms with van der Waals surface area (Å²) in [4.78, 5) is 43.8. The Morgan fingerprint density at radius 1 is 0.955 bits per heavy atom. The van der Waals surface area contributed by atoms with Gasteiger partial charge >= 0.3 is 11.6 Å². The van der Waals surface area contributed by atoms with Crippen molar-refractivity contribution in [1.29, 1.82) is 0 Å². The maximum absolute atomic E-state index is 13.5. The molecule has 1 aromatic heterocycles. The van der Waals surface area contributed by atoms with Crippen LogP contribution in [-0.4, -0.2) is 45.7 Å². The fourth-order valence-electron chi connectivity index (χ4n) is 5.87. The number of hydrogen-bond acceptors (Lipinski definition) is 8. The molecule has 0 saturated carbocycles. The van der Waals surface area contributed by atoms with Gasteiger partial charge in [-0.1, -0.05) is 18.7 Å². The minimum atomic E-state index is -1.23. The molecule has 2 aliphatic rings. The number of carbonyl (C=O) groups is 2. The second-order valence-electron chi connectivity index (χ2n) is 10.9. The maximum Gasteiger partial charge on any atom is 0.347 e. The molecule has 0 saturated heterocycles. The van der Waals surface area contributed by atoms with Crippen LogP contribution in [0.25, 0.3) is 16.7 Å². The average molecular weight is 592 g/mol. The molecule has 4 aromatic rings. The first-order valence-electron chi connectivity index (χ1n) is 14.5. The van der Waals surface area contributed by atoms with E-state index in [4.69, 9.17) is 13.9 Å². The summed E-state index contributed by atoms with van der Waals surface area (Å²) in [6.45, 7) is 9.44. The summed E-state index contributed by atoms with van der Waals surface area (Å²) in [6, 6.07) is 18.0. The zero-order chi connectivity index (χ0) is 31.2. The summed E-state index contributed by atoms with van der Waals surface area (Å²) in [6.07, 6.45) is 3.21. The minimum absolute atomic E-state index is 0.0560. The highest BCUT2D eigenvalue weighted by Gasteiger charge is 2.48. The van der Waals surface area contributed by atoms with Crippen molar-refractivity contribution in [2.45, 2.75) is 19.4 Å². The van der Waals surface area contributed by atoms with E-state index in [1.807, 2.05) is 55.4 Å². The van der Waals surface area contributed by atoms with Crippen LogP contribution >= 0.6 is 0 Å². The van der Waals surface area contributed by atoms with Crippen molar-refractivity contribution < 1.29 is 23.5 Å². The van der Waals surface area contributed by atoms with Gasteiger partial charge in [-0.25, -0.2) is 9.59 Å². The zero-order valence-corrected chi connectivity index (χ0v) is 25.1. The van der Waals surface area contributed by atoms with Gasteiger partial charge in [-0.15, -0.1) is 0 Å². The molecule has 1 atom stereocenters. The molecule has 9 heteroatoms. The third-order valence-electron chi connectivity index (χ3n) is 8.16. The van der Waals surface area contributed by atoms with Crippen molar-refractivity contribution in [2.75, 3.05) is 43.6 Å². The zero-order valence-electron chi connectivity index (χ0n) is 25.1. The molecule has 224 valence electrons. The fraction of sp³-hybridized carbons (Fsp3) is 0.229. The lowest BCUT2D eigenvalue weighted by Crippen LogP contribution is -2.41. The number of benzene rings is 3. The van der Waals surface area contributed by atoms with Crippen molar-refractivity contribution in [2.24, 2.45) is 0 Å². The highest BCUT2D eigenvalue weighted by molar-refractivity contribution is 6.03. The van der Waals surface area contributed by atoms with E-state index in [1.54, 1.807) is 30.3 Å². The van der Waals surface area contributed by atoms with E-state index in [2.05, 4.69) is 30.6 Å². The van der Waals surface area contributed by atoms with Gasteiger partial charge in [0.25, 0.3) is 5.91 Å². The number of nitrogens with zero attached hydrogens (tertiary/aromatic N) is 2. The standard InChI is InChI=1S/C35H33N3O6/c1-6-15-42-33(40)22-10-13-25-28(17-22)35(36-32(25)39)20-31(43-30-18-23(37(4)5)12-14-27(30)35)26-16-21-9-11-24(38(7-2)8-3)19-29(21)44-34(26)41/h6,9-14,16-20H,1,7-8,15H2,2-5H3,(H,36,39). The predicted octanol–water partition coefficient (Wildman–Crippen LogP) is 5.47. The number of fused-ring (bicyclic) bond motifs is 5. The smallest absolute Gasteiger partial charge is 0.347 e. The summed E-state index contributed by atoms with van der Waals surface area (Å²) >= 11 is 0. The Morgan fingerprint density at radius 2 is 1.73 bits per heavy atom. The van der Waals surface area contributed by atoms with Crippen LogP contribution in [0.1, 0.15) is 51.3 Å². The number of amides is 1. The summed E-state index contributed by atoms with van der Waals surface area (Å²) < 4.78 is 17.5. The van der Waals surface area contributed by atoms with E-state index in [1.165, 1.54) is 6.08 Å². The quantitative estimate of drug-likeness (QED) is 0.164. The maximum atomic E-state index is 13.5. The molecule has 1 spiro atoms. The van der Waals surface area contributed by atoms with Crippen molar-refractivity contribution in [3.8, 4) is 5.75 Å². The van der Waals surface area contributed by atoms with Crippen LogP contribution in [0, 0.1) is 0 Å². The lowest BCUT2D eigenvalue weighted by Gasteiger charge is -2.35. The first-order valence-corrected chi connectivity index (χ1v) is 14.5. The normalized spacial score (nSPS) is 16.5. The number of hydrogen-bond donors (Lipinski definition) is 1. The van der Waals surface area contributed by atoms with E-state index in [0.717, 1.165) is 29.9 Å². The molecular weight excluding hydrogens is 558 g/mol. The Bertz CT molecular complexity index is 1920. The predicted molar refractivity (Wildman–Crippen MR) is 171 cm³/mol. The van der Waals surface area contributed by atoms with Gasteiger partial charge in [-0.05, 0) is 68.0 Å². The lowest BCUT2D eigenvalue weighted by atomic mass is 9.80. The van der Waals surface area contributed by atoms with E-state index < -0.39 is 17.1 Å². The van der Waals surface area contributed by atoms with Crippen molar-refractivity contribution in [1.82, 2.24) is 5.32 Å². The Labute approximate surface area is 255 Å². The van der Waals surface area contributed by atoms with Crippen LogP contribution in [-0.2, 0) is 10.3 Å². The van der Waals surface area contributed by atoms with Crippen molar-refractivity contribution in [3.05, 3.63) is 118 Å². The first kappa shape index (κ1) is 28.8. The van der Waals surface area contributed by atoms with E-state index >= 15 is 0 Å². The highest BCUT2D eigenvalue weighted by atomic mass is 16.5. The monoisotopic (exact) mass is 591 g/mol. The minimum Gasteiger partial charge on any atom is -0.458 e. The van der Waals surface area contributed by atoms with Gasteiger partial charge in [0.15, 0.2) is 0 Å². The SMILES string of the molecule is C=CCOC(=O)c1ccc2c(c1)C1(C=C(c3cc4ccc(N(CC)CC)cc4oc3=O)Oc3cc(N(C)C)ccc31)NC2=O. The first-order chi connectivity index (χ1) is 21.2. The lowest BCUT2D eigenvalue weighted by molar-refractivity contribution is 0.0549. The molecule has 2 aliphatic heterocycles.